The summed E-state index contributed by atoms with van der Waals surface area (Å²) in [5, 5.41) is 14.0. The Bertz CT molecular complexity index is 673. The van der Waals surface area contributed by atoms with Gasteiger partial charge in [-0.3, -0.25) is 0 Å². The van der Waals surface area contributed by atoms with Crippen LogP contribution in [0.3, 0.4) is 0 Å². The number of rotatable bonds is 15. The average Bonchev–Trinajstić information content (AvgIpc) is 2.80. The Labute approximate surface area is 182 Å². The summed E-state index contributed by atoms with van der Waals surface area (Å²) in [5.74, 6) is 0. The number of anilines is 2. The molecule has 0 aliphatic carbocycles. The van der Waals surface area contributed by atoms with E-state index >= 15 is 0 Å². The summed E-state index contributed by atoms with van der Waals surface area (Å²) in [6, 6.07) is 20.7. The van der Waals surface area contributed by atoms with Crippen molar-refractivity contribution in [2.45, 2.75) is 39.5 Å². The zero-order valence-corrected chi connectivity index (χ0v) is 18.6. The predicted molar refractivity (Wildman–Crippen MR) is 132 cm³/mol. The van der Waals surface area contributed by atoms with Crippen molar-refractivity contribution >= 4 is 11.4 Å². The molecule has 0 aromatic heterocycles. The highest BCUT2D eigenvalue weighted by molar-refractivity contribution is 5.48. The first-order valence-corrected chi connectivity index (χ1v) is 11.2. The molecule has 0 bridgehead atoms. The molecule has 0 spiro atoms. The number of hydrogen-bond acceptors (Lipinski definition) is 4. The third-order valence-electron chi connectivity index (χ3n) is 4.94. The lowest BCUT2D eigenvalue weighted by Crippen LogP contribution is -2.22. The van der Waals surface area contributed by atoms with E-state index in [1.807, 2.05) is 12.1 Å². The summed E-state index contributed by atoms with van der Waals surface area (Å²) >= 11 is 0. The summed E-state index contributed by atoms with van der Waals surface area (Å²) in [6.07, 6.45) is 9.25. The van der Waals surface area contributed by atoms with Crippen LogP contribution < -0.4 is 21.3 Å². The van der Waals surface area contributed by atoms with E-state index in [1.165, 1.54) is 37.1 Å². The lowest BCUT2D eigenvalue weighted by atomic mass is 10.2. The number of nitrogens with one attached hydrogen (secondary N) is 4. The van der Waals surface area contributed by atoms with Crippen molar-refractivity contribution in [1.29, 1.82) is 0 Å². The van der Waals surface area contributed by atoms with Crippen molar-refractivity contribution in [3.8, 4) is 0 Å². The van der Waals surface area contributed by atoms with Crippen LogP contribution in [0.1, 0.15) is 39.5 Å². The molecule has 0 aliphatic rings. The van der Waals surface area contributed by atoms with Crippen LogP contribution in [0.25, 0.3) is 0 Å². The van der Waals surface area contributed by atoms with Gasteiger partial charge in [-0.2, -0.15) is 0 Å². The minimum Gasteiger partial charge on any atom is -0.358 e. The minimum atomic E-state index is 0.882. The Morgan fingerprint density at radius 3 is 1.37 bits per heavy atom. The third-order valence-corrected chi connectivity index (χ3v) is 4.94. The molecule has 4 heteroatoms. The summed E-state index contributed by atoms with van der Waals surface area (Å²) < 4.78 is 0. The van der Waals surface area contributed by atoms with Crippen LogP contribution in [-0.4, -0.2) is 26.2 Å². The van der Waals surface area contributed by atoms with Gasteiger partial charge in [0.2, 0.25) is 0 Å². The van der Waals surface area contributed by atoms with Gasteiger partial charge in [-0.15, -0.1) is 0 Å². The fourth-order valence-corrected chi connectivity index (χ4v) is 3.15. The SMILES string of the molecule is C/C=C(/CNCCCCCCNC/C(=C/C)Nc1ccccc1)Nc1ccccc1. The zero-order chi connectivity index (χ0) is 21.3. The van der Waals surface area contributed by atoms with Crippen molar-refractivity contribution in [1.82, 2.24) is 10.6 Å². The molecule has 0 aliphatic heterocycles. The van der Waals surface area contributed by atoms with Gasteiger partial charge in [0.25, 0.3) is 0 Å². The Balaban J connectivity index is 1.45. The van der Waals surface area contributed by atoms with Crippen molar-refractivity contribution in [2.75, 3.05) is 36.8 Å². The molecule has 4 nitrogen and oxygen atoms in total. The molecule has 0 amide bonds. The topological polar surface area (TPSA) is 48.1 Å². The number of para-hydroxylation sites is 2. The van der Waals surface area contributed by atoms with Gasteiger partial charge in [0.15, 0.2) is 0 Å². The number of allylic oxidation sites excluding steroid dienone is 2. The molecule has 0 heterocycles. The Kier molecular flexibility index (Phi) is 12.1. The van der Waals surface area contributed by atoms with Gasteiger partial charge in [-0.1, -0.05) is 61.4 Å². The van der Waals surface area contributed by atoms with Crippen LogP contribution in [0.5, 0.6) is 0 Å². The number of benzene rings is 2. The quantitative estimate of drug-likeness (QED) is 0.284. The Morgan fingerprint density at radius 1 is 0.600 bits per heavy atom. The second-order valence-electron chi connectivity index (χ2n) is 7.38. The number of hydrogen-bond donors (Lipinski definition) is 4. The molecule has 0 unspecified atom stereocenters. The largest absolute Gasteiger partial charge is 0.358 e. The van der Waals surface area contributed by atoms with Crippen LogP contribution in [-0.2, 0) is 0 Å². The lowest BCUT2D eigenvalue weighted by molar-refractivity contribution is 0.580. The first kappa shape index (κ1) is 23.7. The molecule has 2 aromatic carbocycles. The molecule has 30 heavy (non-hydrogen) atoms. The molecular formula is C26H38N4. The van der Waals surface area contributed by atoms with E-state index in [0.29, 0.717) is 0 Å². The normalized spacial score (nSPS) is 12.1. The monoisotopic (exact) mass is 406 g/mol. The van der Waals surface area contributed by atoms with Crippen LogP contribution in [0.2, 0.25) is 0 Å². The van der Waals surface area contributed by atoms with E-state index in [0.717, 1.165) is 37.6 Å². The van der Waals surface area contributed by atoms with Gasteiger partial charge >= 0.3 is 0 Å². The van der Waals surface area contributed by atoms with E-state index < -0.39 is 0 Å². The highest BCUT2D eigenvalue weighted by Crippen LogP contribution is 2.09. The van der Waals surface area contributed by atoms with E-state index in [-0.39, 0.29) is 0 Å². The Morgan fingerprint density at radius 2 is 1.00 bits per heavy atom. The second kappa shape index (κ2) is 15.3. The van der Waals surface area contributed by atoms with Gasteiger partial charge in [0.1, 0.15) is 0 Å². The van der Waals surface area contributed by atoms with Crippen molar-refractivity contribution in [2.24, 2.45) is 0 Å². The standard InChI is InChI=1S/C26H38N4/c1-3-23(29-25-15-9-7-10-16-25)21-27-19-13-5-6-14-20-28-22-24(4-2)30-26-17-11-8-12-18-26/h3-4,7-12,15-18,27-30H,5-6,13-14,19-22H2,1-2H3/b23-3-,24-4-. The van der Waals surface area contributed by atoms with Crippen LogP contribution >= 0.6 is 0 Å². The molecule has 0 atom stereocenters. The maximum atomic E-state index is 3.54. The van der Waals surface area contributed by atoms with E-state index in [1.54, 1.807) is 0 Å². The summed E-state index contributed by atoms with van der Waals surface area (Å²) in [7, 11) is 0. The van der Waals surface area contributed by atoms with Gasteiger partial charge < -0.3 is 21.3 Å². The fourth-order valence-electron chi connectivity index (χ4n) is 3.15. The molecule has 0 radical (unpaired) electrons. The molecule has 0 fully saturated rings. The lowest BCUT2D eigenvalue weighted by Gasteiger charge is -2.12. The molecule has 2 aromatic rings. The predicted octanol–water partition coefficient (Wildman–Crippen LogP) is 5.76. The van der Waals surface area contributed by atoms with E-state index in [9.17, 15) is 0 Å². The molecule has 0 saturated carbocycles. The smallest absolute Gasteiger partial charge is 0.0382 e. The van der Waals surface area contributed by atoms with E-state index in [2.05, 4.69) is 95.8 Å². The summed E-state index contributed by atoms with van der Waals surface area (Å²) in [6.45, 7) is 8.04. The first-order chi connectivity index (χ1) is 14.8. The minimum absolute atomic E-state index is 0.882. The molecule has 162 valence electrons. The Hall–Kier alpha value is -2.56. The highest BCUT2D eigenvalue weighted by Gasteiger charge is 1.99. The van der Waals surface area contributed by atoms with Crippen LogP contribution in [0.4, 0.5) is 11.4 Å². The molecule has 0 saturated heterocycles. The van der Waals surface area contributed by atoms with Gasteiger partial charge in [0.05, 0.1) is 0 Å². The van der Waals surface area contributed by atoms with Gasteiger partial charge in [0, 0.05) is 35.9 Å². The highest BCUT2D eigenvalue weighted by atomic mass is 15.0. The molecular weight excluding hydrogens is 368 g/mol. The molecule has 2 rings (SSSR count). The maximum Gasteiger partial charge on any atom is 0.0382 e. The fraction of sp³-hybridized carbons (Fsp3) is 0.385. The zero-order valence-electron chi connectivity index (χ0n) is 18.6. The average molecular weight is 407 g/mol. The van der Waals surface area contributed by atoms with Crippen LogP contribution in [0, 0.1) is 0 Å². The summed E-state index contributed by atoms with van der Waals surface area (Å²) in [4.78, 5) is 0. The van der Waals surface area contributed by atoms with Gasteiger partial charge in [-0.25, -0.2) is 0 Å². The number of unbranched alkanes of at least 4 members (excludes halogenated alkanes) is 3. The first-order valence-electron chi connectivity index (χ1n) is 11.2. The molecule has 4 N–H and O–H groups in total. The second-order valence-corrected chi connectivity index (χ2v) is 7.38. The van der Waals surface area contributed by atoms with Gasteiger partial charge in [-0.05, 0) is 64.0 Å². The van der Waals surface area contributed by atoms with Crippen molar-refractivity contribution in [3.63, 3.8) is 0 Å². The summed E-state index contributed by atoms with van der Waals surface area (Å²) in [5.41, 5.74) is 4.71. The van der Waals surface area contributed by atoms with E-state index in [4.69, 9.17) is 0 Å². The van der Waals surface area contributed by atoms with Crippen LogP contribution in [0.15, 0.2) is 84.2 Å². The third kappa shape index (κ3) is 10.3. The van der Waals surface area contributed by atoms with Crippen molar-refractivity contribution in [3.05, 3.63) is 84.2 Å². The maximum absolute atomic E-state index is 3.54. The van der Waals surface area contributed by atoms with Crippen molar-refractivity contribution < 1.29 is 0 Å².